The van der Waals surface area contributed by atoms with Gasteiger partial charge in [0.2, 0.25) is 0 Å². The lowest BCUT2D eigenvalue weighted by atomic mass is 10.00. The maximum atomic E-state index is 12.2. The molecule has 7 heteroatoms. The molecule has 0 aromatic carbocycles. The quantitative estimate of drug-likeness (QED) is 0.851. The third-order valence-electron chi connectivity index (χ3n) is 3.80. The van der Waals surface area contributed by atoms with E-state index in [1.54, 1.807) is 6.20 Å². The summed E-state index contributed by atoms with van der Waals surface area (Å²) in [5.74, 6) is 0.720. The summed E-state index contributed by atoms with van der Waals surface area (Å²) in [6.07, 6.45) is 4.90. The van der Waals surface area contributed by atoms with Crippen molar-refractivity contribution < 1.29 is 8.42 Å². The monoisotopic (exact) mass is 300 g/mol. The highest BCUT2D eigenvalue weighted by molar-refractivity contribution is 7.89. The number of aromatic nitrogens is 2. The van der Waals surface area contributed by atoms with Crippen LogP contribution in [0.2, 0.25) is 0 Å². The van der Waals surface area contributed by atoms with Gasteiger partial charge in [-0.25, -0.2) is 18.1 Å². The van der Waals surface area contributed by atoms with Gasteiger partial charge < -0.3 is 9.88 Å². The Hall–Kier alpha value is -0.920. The lowest BCUT2D eigenvalue weighted by molar-refractivity contribution is 0.334. The van der Waals surface area contributed by atoms with E-state index in [0.29, 0.717) is 12.6 Å². The van der Waals surface area contributed by atoms with Crippen LogP contribution in [0.1, 0.15) is 38.9 Å². The minimum absolute atomic E-state index is 0.112. The Morgan fingerprint density at radius 3 is 2.85 bits per heavy atom. The molecule has 0 bridgehead atoms. The van der Waals surface area contributed by atoms with Gasteiger partial charge in [0.1, 0.15) is 5.82 Å². The average Bonchev–Trinajstić information content (AvgIpc) is 2.79. The molecule has 0 spiro atoms. The number of aryl methyl sites for hydroxylation is 2. The summed E-state index contributed by atoms with van der Waals surface area (Å²) >= 11 is 0. The van der Waals surface area contributed by atoms with Gasteiger partial charge in [-0.15, -0.1) is 0 Å². The van der Waals surface area contributed by atoms with Gasteiger partial charge in [-0.3, -0.25) is 0 Å². The molecule has 20 heavy (non-hydrogen) atoms. The molecule has 2 N–H and O–H groups in total. The number of hydrogen-bond acceptors (Lipinski definition) is 4. The number of rotatable bonds is 5. The number of piperidine rings is 1. The minimum atomic E-state index is -3.51. The van der Waals surface area contributed by atoms with Crippen LogP contribution in [0, 0.1) is 6.92 Å². The summed E-state index contributed by atoms with van der Waals surface area (Å²) in [5.41, 5.74) is 0. The molecule has 1 aromatic heterocycles. The van der Waals surface area contributed by atoms with Crippen molar-refractivity contribution >= 4 is 10.0 Å². The molecule has 1 aliphatic rings. The van der Waals surface area contributed by atoms with Crippen LogP contribution in [-0.4, -0.2) is 36.6 Å². The van der Waals surface area contributed by atoms with E-state index in [1.165, 1.54) is 0 Å². The first-order valence-corrected chi connectivity index (χ1v) is 8.70. The van der Waals surface area contributed by atoms with Crippen LogP contribution in [0.3, 0.4) is 0 Å². The van der Waals surface area contributed by atoms with E-state index >= 15 is 0 Å². The van der Waals surface area contributed by atoms with Crippen molar-refractivity contribution in [1.29, 1.82) is 0 Å². The van der Waals surface area contributed by atoms with Crippen LogP contribution >= 0.6 is 0 Å². The van der Waals surface area contributed by atoms with Crippen LogP contribution in [0.4, 0.5) is 0 Å². The van der Waals surface area contributed by atoms with E-state index < -0.39 is 10.0 Å². The van der Waals surface area contributed by atoms with Crippen molar-refractivity contribution in [3.05, 3.63) is 12.0 Å². The zero-order valence-corrected chi connectivity index (χ0v) is 13.2. The SMILES string of the molecule is CCn1cc(S(=O)(=O)NCC2CCCC(C)N2)nc1C. The highest BCUT2D eigenvalue weighted by Crippen LogP contribution is 2.13. The number of imidazole rings is 1. The summed E-state index contributed by atoms with van der Waals surface area (Å²) in [5, 5.41) is 3.53. The van der Waals surface area contributed by atoms with Gasteiger partial charge >= 0.3 is 0 Å². The second-order valence-electron chi connectivity index (χ2n) is 5.46. The zero-order valence-electron chi connectivity index (χ0n) is 12.4. The predicted octanol–water partition coefficient (Wildman–Crippen LogP) is 1.02. The first-order valence-electron chi connectivity index (χ1n) is 7.22. The van der Waals surface area contributed by atoms with E-state index in [0.717, 1.165) is 31.6 Å². The normalized spacial score (nSPS) is 23.9. The molecule has 2 heterocycles. The number of sulfonamides is 1. The van der Waals surface area contributed by atoms with Crippen LogP contribution in [0.25, 0.3) is 0 Å². The molecule has 2 atom stereocenters. The summed E-state index contributed by atoms with van der Waals surface area (Å²) in [4.78, 5) is 4.12. The van der Waals surface area contributed by atoms with E-state index in [-0.39, 0.29) is 11.1 Å². The Morgan fingerprint density at radius 2 is 2.25 bits per heavy atom. The van der Waals surface area contributed by atoms with Crippen molar-refractivity contribution in [2.24, 2.45) is 0 Å². The minimum Gasteiger partial charge on any atom is -0.334 e. The summed E-state index contributed by atoms with van der Waals surface area (Å²) in [7, 11) is -3.51. The molecule has 2 unspecified atom stereocenters. The molecule has 0 aliphatic carbocycles. The second-order valence-corrected chi connectivity index (χ2v) is 7.17. The molecule has 114 valence electrons. The fourth-order valence-corrected chi connectivity index (χ4v) is 3.70. The number of nitrogens with one attached hydrogen (secondary N) is 2. The molecular formula is C13H24N4O2S. The van der Waals surface area contributed by atoms with Gasteiger partial charge in [0, 0.05) is 31.4 Å². The third kappa shape index (κ3) is 3.59. The Kier molecular flexibility index (Phi) is 4.82. The Labute approximate surface area is 121 Å². The number of nitrogens with zero attached hydrogens (tertiary/aromatic N) is 2. The van der Waals surface area contributed by atoms with Gasteiger partial charge in [-0.2, -0.15) is 0 Å². The van der Waals surface area contributed by atoms with Crippen molar-refractivity contribution in [1.82, 2.24) is 19.6 Å². The molecule has 0 radical (unpaired) electrons. The lowest BCUT2D eigenvalue weighted by Crippen LogP contribution is -2.47. The smallest absolute Gasteiger partial charge is 0.259 e. The largest absolute Gasteiger partial charge is 0.334 e. The van der Waals surface area contributed by atoms with Crippen molar-refractivity contribution in [3.8, 4) is 0 Å². The van der Waals surface area contributed by atoms with Crippen molar-refractivity contribution in [2.75, 3.05) is 6.54 Å². The number of hydrogen-bond donors (Lipinski definition) is 2. The van der Waals surface area contributed by atoms with Gasteiger partial charge in [0.15, 0.2) is 5.03 Å². The van der Waals surface area contributed by atoms with E-state index in [1.807, 2.05) is 18.4 Å². The maximum Gasteiger partial charge on any atom is 0.259 e. The molecule has 6 nitrogen and oxygen atoms in total. The molecule has 1 aromatic rings. The molecule has 0 saturated carbocycles. The molecule has 2 rings (SSSR count). The van der Waals surface area contributed by atoms with Crippen LogP contribution in [-0.2, 0) is 16.6 Å². The van der Waals surface area contributed by atoms with E-state index in [2.05, 4.69) is 21.9 Å². The molecular weight excluding hydrogens is 276 g/mol. The predicted molar refractivity (Wildman–Crippen MR) is 78.1 cm³/mol. The fourth-order valence-electron chi connectivity index (χ4n) is 2.61. The lowest BCUT2D eigenvalue weighted by Gasteiger charge is -2.28. The highest BCUT2D eigenvalue weighted by Gasteiger charge is 2.23. The Morgan fingerprint density at radius 1 is 1.50 bits per heavy atom. The van der Waals surface area contributed by atoms with Gasteiger partial charge in [-0.1, -0.05) is 6.42 Å². The summed E-state index contributed by atoms with van der Waals surface area (Å²) in [6, 6.07) is 0.669. The third-order valence-corrected chi connectivity index (χ3v) is 5.09. The van der Waals surface area contributed by atoms with E-state index in [9.17, 15) is 8.42 Å². The molecule has 1 fully saturated rings. The standard InChI is InChI=1S/C13H24N4O2S/c1-4-17-9-13(16-11(17)3)20(18,19)14-8-12-7-5-6-10(2)15-12/h9-10,12,14-15H,4-8H2,1-3H3. The van der Waals surface area contributed by atoms with Crippen molar-refractivity contribution in [2.45, 2.75) is 63.7 Å². The maximum absolute atomic E-state index is 12.2. The molecule has 0 amide bonds. The van der Waals surface area contributed by atoms with Crippen molar-refractivity contribution in [3.63, 3.8) is 0 Å². The van der Waals surface area contributed by atoms with Crippen LogP contribution in [0.15, 0.2) is 11.2 Å². The highest BCUT2D eigenvalue weighted by atomic mass is 32.2. The second kappa shape index (κ2) is 6.24. The average molecular weight is 300 g/mol. The molecule has 1 saturated heterocycles. The Balaban J connectivity index is 1.99. The van der Waals surface area contributed by atoms with Crippen LogP contribution in [0.5, 0.6) is 0 Å². The summed E-state index contributed by atoms with van der Waals surface area (Å²) in [6.45, 7) is 7.05. The van der Waals surface area contributed by atoms with Gasteiger partial charge in [-0.05, 0) is 33.6 Å². The zero-order chi connectivity index (χ0) is 14.8. The topological polar surface area (TPSA) is 76.0 Å². The van der Waals surface area contributed by atoms with Crippen LogP contribution < -0.4 is 10.0 Å². The summed E-state index contributed by atoms with van der Waals surface area (Å²) < 4.78 is 28.9. The van der Waals surface area contributed by atoms with E-state index in [4.69, 9.17) is 0 Å². The first-order chi connectivity index (χ1) is 9.42. The molecule has 1 aliphatic heterocycles. The van der Waals surface area contributed by atoms with Gasteiger partial charge in [0.25, 0.3) is 10.0 Å². The Bertz CT molecular complexity index is 553. The van der Waals surface area contributed by atoms with Gasteiger partial charge in [0.05, 0.1) is 0 Å². The first kappa shape index (κ1) is 15.5. The fraction of sp³-hybridized carbons (Fsp3) is 0.769.